The minimum absolute atomic E-state index is 0.0502. The van der Waals surface area contributed by atoms with Crippen LogP contribution < -0.4 is 10.5 Å². The van der Waals surface area contributed by atoms with Crippen LogP contribution in [0.1, 0.15) is 18.7 Å². The number of rotatable bonds is 3. The predicted molar refractivity (Wildman–Crippen MR) is 63.4 cm³/mol. The predicted octanol–water partition coefficient (Wildman–Crippen LogP) is 2.89. The van der Waals surface area contributed by atoms with E-state index in [2.05, 4.69) is 4.98 Å². The number of benzene rings is 1. The van der Waals surface area contributed by atoms with Gasteiger partial charge in [0.2, 0.25) is 0 Å². The first-order valence-corrected chi connectivity index (χ1v) is 5.20. The normalized spacial score (nSPS) is 12.1. The molecule has 2 N–H and O–H groups in total. The summed E-state index contributed by atoms with van der Waals surface area (Å²) in [5.41, 5.74) is 6.57. The number of pyridine rings is 1. The van der Waals surface area contributed by atoms with E-state index in [9.17, 15) is 0 Å². The molecular formula is C13H14N2O. The van der Waals surface area contributed by atoms with E-state index in [-0.39, 0.29) is 6.04 Å². The first-order valence-electron chi connectivity index (χ1n) is 5.20. The maximum atomic E-state index is 5.71. The Labute approximate surface area is 94.9 Å². The lowest BCUT2D eigenvalue weighted by Gasteiger charge is -2.07. The molecule has 1 aromatic heterocycles. The van der Waals surface area contributed by atoms with Crippen LogP contribution in [0.25, 0.3) is 0 Å². The smallest absolute Gasteiger partial charge is 0.145 e. The Morgan fingerprint density at radius 2 is 1.81 bits per heavy atom. The van der Waals surface area contributed by atoms with Gasteiger partial charge in [-0.2, -0.15) is 0 Å². The summed E-state index contributed by atoms with van der Waals surface area (Å²) in [4.78, 5) is 4.22. The molecule has 3 nitrogen and oxygen atoms in total. The van der Waals surface area contributed by atoms with Gasteiger partial charge in [0, 0.05) is 6.04 Å². The lowest BCUT2D eigenvalue weighted by Crippen LogP contribution is -2.06. The number of hydrogen-bond donors (Lipinski definition) is 1. The average Bonchev–Trinajstić information content (AvgIpc) is 2.31. The van der Waals surface area contributed by atoms with Crippen molar-refractivity contribution in [2.75, 3.05) is 0 Å². The molecule has 0 radical (unpaired) electrons. The SMILES string of the molecule is CC(N)c1ccc(Oc2ccccc2)cn1. The molecule has 0 aliphatic heterocycles. The monoisotopic (exact) mass is 214 g/mol. The summed E-state index contributed by atoms with van der Waals surface area (Å²) in [6.07, 6.45) is 1.69. The van der Waals surface area contributed by atoms with Gasteiger partial charge in [0.15, 0.2) is 0 Å². The Hall–Kier alpha value is -1.87. The second kappa shape index (κ2) is 4.77. The highest BCUT2D eigenvalue weighted by atomic mass is 16.5. The summed E-state index contributed by atoms with van der Waals surface area (Å²) < 4.78 is 5.61. The molecule has 2 aromatic rings. The maximum Gasteiger partial charge on any atom is 0.145 e. The number of nitrogens with zero attached hydrogens (tertiary/aromatic N) is 1. The average molecular weight is 214 g/mol. The molecule has 3 heteroatoms. The standard InChI is InChI=1S/C13H14N2O/c1-10(14)13-8-7-12(9-15-13)16-11-5-3-2-4-6-11/h2-10H,14H2,1H3. The Morgan fingerprint density at radius 3 is 2.38 bits per heavy atom. The van der Waals surface area contributed by atoms with Crippen molar-refractivity contribution in [2.24, 2.45) is 5.73 Å². The molecule has 16 heavy (non-hydrogen) atoms. The first kappa shape index (κ1) is 10.6. The van der Waals surface area contributed by atoms with Crippen LogP contribution in [0.5, 0.6) is 11.5 Å². The summed E-state index contributed by atoms with van der Waals surface area (Å²) in [7, 11) is 0. The molecule has 0 saturated carbocycles. The fourth-order valence-corrected chi connectivity index (χ4v) is 1.35. The Kier molecular flexibility index (Phi) is 3.17. The third-order valence-corrected chi connectivity index (χ3v) is 2.20. The molecular weight excluding hydrogens is 200 g/mol. The van der Waals surface area contributed by atoms with E-state index in [0.717, 1.165) is 17.2 Å². The Morgan fingerprint density at radius 1 is 1.06 bits per heavy atom. The minimum Gasteiger partial charge on any atom is -0.456 e. The van der Waals surface area contributed by atoms with Gasteiger partial charge >= 0.3 is 0 Å². The molecule has 1 aromatic carbocycles. The Bertz CT molecular complexity index is 437. The van der Waals surface area contributed by atoms with Gasteiger partial charge in [-0.3, -0.25) is 4.98 Å². The molecule has 0 aliphatic carbocycles. The maximum absolute atomic E-state index is 5.71. The summed E-state index contributed by atoms with van der Waals surface area (Å²) in [6.45, 7) is 1.90. The van der Waals surface area contributed by atoms with Crippen molar-refractivity contribution in [1.82, 2.24) is 4.98 Å². The molecule has 1 heterocycles. The topological polar surface area (TPSA) is 48.1 Å². The van der Waals surface area contributed by atoms with Gasteiger partial charge in [-0.15, -0.1) is 0 Å². The highest BCUT2D eigenvalue weighted by Crippen LogP contribution is 2.20. The second-order valence-electron chi connectivity index (χ2n) is 3.62. The van der Waals surface area contributed by atoms with E-state index in [4.69, 9.17) is 10.5 Å². The van der Waals surface area contributed by atoms with E-state index < -0.39 is 0 Å². The van der Waals surface area contributed by atoms with Crippen molar-refractivity contribution in [3.05, 3.63) is 54.4 Å². The number of para-hydroxylation sites is 1. The van der Waals surface area contributed by atoms with Crippen molar-refractivity contribution in [2.45, 2.75) is 13.0 Å². The number of hydrogen-bond acceptors (Lipinski definition) is 3. The van der Waals surface area contributed by atoms with Crippen LogP contribution in [-0.4, -0.2) is 4.98 Å². The fourth-order valence-electron chi connectivity index (χ4n) is 1.35. The van der Waals surface area contributed by atoms with Crippen LogP contribution in [0.15, 0.2) is 48.7 Å². The number of ether oxygens (including phenoxy) is 1. The van der Waals surface area contributed by atoms with E-state index in [0.29, 0.717) is 0 Å². The van der Waals surface area contributed by atoms with E-state index in [1.165, 1.54) is 0 Å². The third-order valence-electron chi connectivity index (χ3n) is 2.20. The van der Waals surface area contributed by atoms with Crippen LogP contribution in [0, 0.1) is 0 Å². The quantitative estimate of drug-likeness (QED) is 0.854. The van der Waals surface area contributed by atoms with Crippen LogP contribution >= 0.6 is 0 Å². The molecule has 2 rings (SSSR count). The van der Waals surface area contributed by atoms with Gasteiger partial charge in [0.05, 0.1) is 11.9 Å². The van der Waals surface area contributed by atoms with Crippen LogP contribution in [0.3, 0.4) is 0 Å². The van der Waals surface area contributed by atoms with Crippen LogP contribution in [-0.2, 0) is 0 Å². The van der Waals surface area contributed by atoms with Gasteiger partial charge in [-0.1, -0.05) is 18.2 Å². The summed E-state index contributed by atoms with van der Waals surface area (Å²) in [5.74, 6) is 1.52. The number of nitrogens with two attached hydrogens (primary N) is 1. The van der Waals surface area contributed by atoms with Crippen molar-refractivity contribution in [3.8, 4) is 11.5 Å². The Balaban J connectivity index is 2.11. The molecule has 0 amide bonds. The molecule has 1 unspecified atom stereocenters. The van der Waals surface area contributed by atoms with Gasteiger partial charge in [0.25, 0.3) is 0 Å². The largest absolute Gasteiger partial charge is 0.456 e. The summed E-state index contributed by atoms with van der Waals surface area (Å²) in [6, 6.07) is 13.3. The van der Waals surface area contributed by atoms with Crippen molar-refractivity contribution in [1.29, 1.82) is 0 Å². The molecule has 0 saturated heterocycles. The summed E-state index contributed by atoms with van der Waals surface area (Å²) in [5, 5.41) is 0. The van der Waals surface area contributed by atoms with Gasteiger partial charge in [0.1, 0.15) is 11.5 Å². The first-order chi connectivity index (χ1) is 7.75. The second-order valence-corrected chi connectivity index (χ2v) is 3.62. The van der Waals surface area contributed by atoms with Gasteiger partial charge < -0.3 is 10.5 Å². The molecule has 0 bridgehead atoms. The van der Waals surface area contributed by atoms with Crippen LogP contribution in [0.2, 0.25) is 0 Å². The highest BCUT2D eigenvalue weighted by molar-refractivity contribution is 5.29. The molecule has 1 atom stereocenters. The van der Waals surface area contributed by atoms with Crippen molar-refractivity contribution < 1.29 is 4.74 Å². The van der Waals surface area contributed by atoms with E-state index in [1.54, 1.807) is 6.20 Å². The minimum atomic E-state index is -0.0502. The zero-order valence-corrected chi connectivity index (χ0v) is 9.13. The zero-order chi connectivity index (χ0) is 11.4. The third kappa shape index (κ3) is 2.58. The zero-order valence-electron chi connectivity index (χ0n) is 9.13. The molecule has 0 spiro atoms. The van der Waals surface area contributed by atoms with Gasteiger partial charge in [-0.05, 0) is 31.2 Å². The molecule has 0 aliphatic rings. The lowest BCUT2D eigenvalue weighted by atomic mass is 10.2. The highest BCUT2D eigenvalue weighted by Gasteiger charge is 2.01. The van der Waals surface area contributed by atoms with Crippen molar-refractivity contribution >= 4 is 0 Å². The van der Waals surface area contributed by atoms with E-state index >= 15 is 0 Å². The molecule has 0 fully saturated rings. The van der Waals surface area contributed by atoms with E-state index in [1.807, 2.05) is 49.4 Å². The lowest BCUT2D eigenvalue weighted by molar-refractivity contribution is 0.479. The molecule has 82 valence electrons. The summed E-state index contributed by atoms with van der Waals surface area (Å²) >= 11 is 0. The number of aromatic nitrogens is 1. The fraction of sp³-hybridized carbons (Fsp3) is 0.154. The van der Waals surface area contributed by atoms with Gasteiger partial charge in [-0.25, -0.2) is 0 Å². The van der Waals surface area contributed by atoms with Crippen LogP contribution in [0.4, 0.5) is 0 Å². The van der Waals surface area contributed by atoms with Crippen molar-refractivity contribution in [3.63, 3.8) is 0 Å².